The van der Waals surface area contributed by atoms with Gasteiger partial charge in [-0.15, -0.1) is 0 Å². The zero-order chi connectivity index (χ0) is 17.7. The number of nitrogens with one attached hydrogen (secondary N) is 1. The Bertz CT molecular complexity index is 645. The van der Waals surface area contributed by atoms with Crippen LogP contribution >= 0.6 is 0 Å². The molecule has 1 aliphatic carbocycles. The van der Waals surface area contributed by atoms with Crippen molar-refractivity contribution >= 4 is 10.0 Å². The van der Waals surface area contributed by atoms with E-state index in [0.717, 1.165) is 45.1 Å². The van der Waals surface area contributed by atoms with Gasteiger partial charge in [0.1, 0.15) is 4.90 Å². The average molecular weight is 370 g/mol. The Balaban J connectivity index is 1.55. The van der Waals surface area contributed by atoms with Crippen LogP contribution in [0.3, 0.4) is 0 Å². The van der Waals surface area contributed by atoms with E-state index in [1.54, 1.807) is 6.07 Å². The molecule has 3 rings (SSSR count). The molecule has 1 aromatic rings. The van der Waals surface area contributed by atoms with E-state index in [2.05, 4.69) is 14.2 Å². The van der Waals surface area contributed by atoms with Crippen LogP contribution in [0, 0.1) is 12.8 Å². The summed E-state index contributed by atoms with van der Waals surface area (Å²) in [6.07, 6.45) is 8.40. The van der Waals surface area contributed by atoms with Gasteiger partial charge in [-0.25, -0.2) is 13.1 Å². The standard InChI is InChI=1S/C18H31N3O3S/c1-16-18(7-9-21(16)15-17-5-3-2-4-6-17)25(22,23)19-8-10-20-11-13-24-14-12-20/h7,9,17,19H,2-6,8,10-15H2,1H3. The Hall–Kier alpha value is -0.890. The molecule has 0 aromatic carbocycles. The second-order valence-corrected chi connectivity index (χ2v) is 9.01. The predicted octanol–water partition coefficient (Wildman–Crippen LogP) is 1.99. The highest BCUT2D eigenvalue weighted by molar-refractivity contribution is 7.89. The van der Waals surface area contributed by atoms with E-state index in [0.29, 0.717) is 17.4 Å². The van der Waals surface area contributed by atoms with Crippen molar-refractivity contribution in [3.63, 3.8) is 0 Å². The molecule has 1 saturated carbocycles. The molecule has 25 heavy (non-hydrogen) atoms. The predicted molar refractivity (Wildman–Crippen MR) is 98.2 cm³/mol. The van der Waals surface area contributed by atoms with Crippen LogP contribution in [0.5, 0.6) is 0 Å². The molecule has 1 aromatic heterocycles. The molecule has 2 aliphatic rings. The van der Waals surface area contributed by atoms with E-state index in [4.69, 9.17) is 4.74 Å². The Labute approximate surface area is 151 Å². The third-order valence-corrected chi connectivity index (χ3v) is 7.08. The molecule has 6 nitrogen and oxygen atoms in total. The van der Waals surface area contributed by atoms with Crippen LogP contribution in [-0.4, -0.2) is 57.3 Å². The van der Waals surface area contributed by atoms with E-state index < -0.39 is 10.0 Å². The maximum atomic E-state index is 12.6. The SMILES string of the molecule is Cc1c(S(=O)(=O)NCCN2CCOCC2)ccn1CC1CCCCC1. The number of rotatable bonds is 7. The van der Waals surface area contributed by atoms with Gasteiger partial charge in [0, 0.05) is 44.6 Å². The first-order chi connectivity index (χ1) is 12.1. The van der Waals surface area contributed by atoms with Crippen molar-refractivity contribution in [1.82, 2.24) is 14.2 Å². The van der Waals surface area contributed by atoms with Crippen LogP contribution in [-0.2, 0) is 21.3 Å². The third-order valence-electron chi connectivity index (χ3n) is 5.49. The zero-order valence-corrected chi connectivity index (χ0v) is 16.1. The van der Waals surface area contributed by atoms with Gasteiger partial charge in [-0.3, -0.25) is 4.90 Å². The lowest BCUT2D eigenvalue weighted by Crippen LogP contribution is -2.41. The largest absolute Gasteiger partial charge is 0.379 e. The summed E-state index contributed by atoms with van der Waals surface area (Å²) in [6.45, 7) is 7.23. The van der Waals surface area contributed by atoms with Crippen molar-refractivity contribution in [2.24, 2.45) is 5.92 Å². The quantitative estimate of drug-likeness (QED) is 0.798. The van der Waals surface area contributed by atoms with Gasteiger partial charge < -0.3 is 9.30 Å². The van der Waals surface area contributed by atoms with Crippen LogP contribution in [0.25, 0.3) is 0 Å². The minimum absolute atomic E-state index is 0.422. The molecule has 1 N–H and O–H groups in total. The fourth-order valence-electron chi connectivity index (χ4n) is 3.90. The molecule has 0 amide bonds. The number of ether oxygens (including phenoxy) is 1. The van der Waals surface area contributed by atoms with Crippen molar-refractivity contribution in [3.8, 4) is 0 Å². The molecular formula is C18H31N3O3S. The van der Waals surface area contributed by atoms with Gasteiger partial charge in [-0.05, 0) is 31.7 Å². The second kappa shape index (κ2) is 8.66. The van der Waals surface area contributed by atoms with Crippen molar-refractivity contribution in [3.05, 3.63) is 18.0 Å². The summed E-state index contributed by atoms with van der Waals surface area (Å²) in [5, 5.41) is 0. The number of aromatic nitrogens is 1. The summed E-state index contributed by atoms with van der Waals surface area (Å²) in [5.74, 6) is 0.685. The van der Waals surface area contributed by atoms with Gasteiger partial charge >= 0.3 is 0 Å². The van der Waals surface area contributed by atoms with Gasteiger partial charge in [0.15, 0.2) is 0 Å². The van der Waals surface area contributed by atoms with Crippen LogP contribution in [0.15, 0.2) is 17.2 Å². The highest BCUT2D eigenvalue weighted by atomic mass is 32.2. The highest BCUT2D eigenvalue weighted by Crippen LogP contribution is 2.26. The maximum Gasteiger partial charge on any atom is 0.242 e. The van der Waals surface area contributed by atoms with E-state index in [9.17, 15) is 8.42 Å². The minimum Gasteiger partial charge on any atom is -0.379 e. The molecule has 142 valence electrons. The first kappa shape index (κ1) is 18.9. The number of hydrogen-bond donors (Lipinski definition) is 1. The van der Waals surface area contributed by atoms with Crippen molar-refractivity contribution in [2.45, 2.75) is 50.5 Å². The van der Waals surface area contributed by atoms with Crippen molar-refractivity contribution in [1.29, 1.82) is 0 Å². The Morgan fingerprint density at radius 3 is 2.64 bits per heavy atom. The monoisotopic (exact) mass is 369 g/mol. The van der Waals surface area contributed by atoms with E-state index in [1.807, 2.05) is 13.1 Å². The first-order valence-corrected chi connectivity index (χ1v) is 11.0. The molecule has 0 bridgehead atoms. The van der Waals surface area contributed by atoms with Crippen LogP contribution in [0.2, 0.25) is 0 Å². The van der Waals surface area contributed by atoms with Gasteiger partial charge in [0.2, 0.25) is 10.0 Å². The lowest BCUT2D eigenvalue weighted by atomic mass is 9.89. The minimum atomic E-state index is -3.44. The fourth-order valence-corrected chi connectivity index (χ4v) is 5.16. The second-order valence-electron chi connectivity index (χ2n) is 7.27. The summed E-state index contributed by atoms with van der Waals surface area (Å²) >= 11 is 0. The third kappa shape index (κ3) is 5.06. The molecule has 2 heterocycles. The van der Waals surface area contributed by atoms with Crippen LogP contribution in [0.4, 0.5) is 0 Å². The lowest BCUT2D eigenvalue weighted by molar-refractivity contribution is 0.0390. The van der Waals surface area contributed by atoms with E-state index in [1.165, 1.54) is 32.1 Å². The summed E-state index contributed by atoms with van der Waals surface area (Å²) in [6, 6.07) is 1.75. The average Bonchev–Trinajstić information content (AvgIpc) is 2.98. The molecule has 2 fully saturated rings. The number of nitrogens with zero attached hydrogens (tertiary/aromatic N) is 2. The molecule has 1 saturated heterocycles. The number of hydrogen-bond acceptors (Lipinski definition) is 4. The van der Waals surface area contributed by atoms with E-state index >= 15 is 0 Å². The highest BCUT2D eigenvalue weighted by Gasteiger charge is 2.22. The fraction of sp³-hybridized carbons (Fsp3) is 0.778. The summed E-state index contributed by atoms with van der Waals surface area (Å²) < 4.78 is 35.5. The number of morpholine rings is 1. The maximum absolute atomic E-state index is 12.6. The van der Waals surface area contributed by atoms with Gasteiger partial charge in [0.05, 0.1) is 13.2 Å². The normalized spacial score (nSPS) is 20.8. The molecule has 0 spiro atoms. The van der Waals surface area contributed by atoms with Gasteiger partial charge in [-0.1, -0.05) is 19.3 Å². The summed E-state index contributed by atoms with van der Waals surface area (Å²) in [5.41, 5.74) is 0.851. The molecule has 7 heteroatoms. The summed E-state index contributed by atoms with van der Waals surface area (Å²) in [7, 11) is -3.44. The molecule has 0 unspecified atom stereocenters. The Morgan fingerprint density at radius 1 is 1.20 bits per heavy atom. The van der Waals surface area contributed by atoms with Crippen LogP contribution in [0.1, 0.15) is 37.8 Å². The smallest absolute Gasteiger partial charge is 0.242 e. The van der Waals surface area contributed by atoms with Crippen molar-refractivity contribution in [2.75, 3.05) is 39.4 Å². The Kier molecular flexibility index (Phi) is 6.55. The Morgan fingerprint density at radius 2 is 1.92 bits per heavy atom. The molecule has 1 aliphatic heterocycles. The molecular weight excluding hydrogens is 338 g/mol. The zero-order valence-electron chi connectivity index (χ0n) is 15.2. The number of sulfonamides is 1. The van der Waals surface area contributed by atoms with Crippen molar-refractivity contribution < 1.29 is 13.2 Å². The van der Waals surface area contributed by atoms with E-state index in [-0.39, 0.29) is 0 Å². The lowest BCUT2D eigenvalue weighted by Gasteiger charge is -2.26. The topological polar surface area (TPSA) is 63.6 Å². The van der Waals surface area contributed by atoms with Gasteiger partial charge in [0.25, 0.3) is 0 Å². The van der Waals surface area contributed by atoms with Gasteiger partial charge in [-0.2, -0.15) is 0 Å². The summed E-state index contributed by atoms with van der Waals surface area (Å²) in [4.78, 5) is 2.65. The molecule has 0 radical (unpaired) electrons. The first-order valence-electron chi connectivity index (χ1n) is 9.52. The van der Waals surface area contributed by atoms with Crippen LogP contribution < -0.4 is 4.72 Å². The molecule has 0 atom stereocenters.